The molecule has 0 saturated heterocycles. The standard InChI is InChI=1S/C38H39BrFN3O6S/c39-29-13-11-28(12-14-29)25-42(34(23-27-7-3-1-4-8-27)38(45)41-31-9-5-2-6-10-31)37(44)26-43(32-17-15-30(40)16-18-32)50(46,47)33-19-20-35-36(24-33)49-22-21-48-35/h1,3-4,7-8,11-20,24,31,34H,2,5-6,9-10,21-23,25-26H2,(H,41,45). The van der Waals surface area contributed by atoms with Gasteiger partial charge in [0.25, 0.3) is 10.0 Å². The molecule has 1 heterocycles. The Hall–Kier alpha value is -4.42. The van der Waals surface area contributed by atoms with Gasteiger partial charge >= 0.3 is 0 Å². The second-order valence-corrected chi connectivity index (χ2v) is 15.3. The van der Waals surface area contributed by atoms with Crippen LogP contribution in [0.1, 0.15) is 43.2 Å². The van der Waals surface area contributed by atoms with E-state index < -0.39 is 34.3 Å². The number of benzene rings is 4. The van der Waals surface area contributed by atoms with Crippen molar-refractivity contribution in [2.24, 2.45) is 0 Å². The lowest BCUT2D eigenvalue weighted by Gasteiger charge is -2.35. The molecule has 50 heavy (non-hydrogen) atoms. The minimum Gasteiger partial charge on any atom is -0.486 e. The molecule has 1 saturated carbocycles. The van der Waals surface area contributed by atoms with Crippen molar-refractivity contribution in [1.29, 1.82) is 0 Å². The van der Waals surface area contributed by atoms with Gasteiger partial charge < -0.3 is 19.7 Å². The Balaban J connectivity index is 1.39. The van der Waals surface area contributed by atoms with E-state index in [1.54, 1.807) is 0 Å². The monoisotopic (exact) mass is 763 g/mol. The van der Waals surface area contributed by atoms with E-state index in [1.807, 2.05) is 54.6 Å². The number of nitrogens with zero attached hydrogens (tertiary/aromatic N) is 2. The normalized spacial score (nSPS) is 15.2. The van der Waals surface area contributed by atoms with Crippen molar-refractivity contribution in [2.75, 3.05) is 24.1 Å². The molecule has 262 valence electrons. The predicted octanol–water partition coefficient (Wildman–Crippen LogP) is 6.64. The average molecular weight is 765 g/mol. The van der Waals surface area contributed by atoms with Crippen LogP contribution in [-0.2, 0) is 32.6 Å². The van der Waals surface area contributed by atoms with E-state index in [1.165, 1.54) is 35.2 Å². The smallest absolute Gasteiger partial charge is 0.264 e. The van der Waals surface area contributed by atoms with Gasteiger partial charge in [0.15, 0.2) is 11.5 Å². The molecular weight excluding hydrogens is 725 g/mol. The first-order chi connectivity index (χ1) is 24.2. The van der Waals surface area contributed by atoms with E-state index in [0.29, 0.717) is 12.4 Å². The third kappa shape index (κ3) is 8.65. The molecule has 2 amide bonds. The first-order valence-electron chi connectivity index (χ1n) is 16.7. The number of halogens is 2. The van der Waals surface area contributed by atoms with E-state index >= 15 is 0 Å². The number of nitrogens with one attached hydrogen (secondary N) is 1. The van der Waals surface area contributed by atoms with Crippen LogP contribution in [0.25, 0.3) is 0 Å². The summed E-state index contributed by atoms with van der Waals surface area (Å²) in [7, 11) is -4.41. The highest BCUT2D eigenvalue weighted by molar-refractivity contribution is 9.10. The van der Waals surface area contributed by atoms with Crippen LogP contribution in [-0.4, -0.2) is 57.0 Å². The number of fused-ring (bicyclic) bond motifs is 1. The van der Waals surface area contributed by atoms with Crippen molar-refractivity contribution >= 4 is 43.5 Å². The zero-order chi connectivity index (χ0) is 35.1. The summed E-state index contributed by atoms with van der Waals surface area (Å²) in [5.41, 5.74) is 1.70. The lowest BCUT2D eigenvalue weighted by Crippen LogP contribution is -2.55. The van der Waals surface area contributed by atoms with Gasteiger partial charge in [-0.1, -0.05) is 77.7 Å². The van der Waals surface area contributed by atoms with Crippen LogP contribution in [0.3, 0.4) is 0 Å². The largest absolute Gasteiger partial charge is 0.486 e. The highest BCUT2D eigenvalue weighted by atomic mass is 79.9. The van der Waals surface area contributed by atoms with Gasteiger partial charge in [-0.15, -0.1) is 0 Å². The third-order valence-corrected chi connectivity index (χ3v) is 11.3. The molecule has 1 atom stereocenters. The molecule has 1 aliphatic carbocycles. The van der Waals surface area contributed by atoms with E-state index in [4.69, 9.17) is 9.47 Å². The number of sulfonamides is 1. The number of ether oxygens (including phenoxy) is 2. The maximum absolute atomic E-state index is 14.7. The summed E-state index contributed by atoms with van der Waals surface area (Å²) in [5, 5.41) is 3.21. The number of anilines is 1. The molecule has 4 aromatic rings. The summed E-state index contributed by atoms with van der Waals surface area (Å²) >= 11 is 3.46. The predicted molar refractivity (Wildman–Crippen MR) is 192 cm³/mol. The van der Waals surface area contributed by atoms with E-state index in [2.05, 4.69) is 21.2 Å². The minimum absolute atomic E-state index is 0.00884. The van der Waals surface area contributed by atoms with Gasteiger partial charge in [0.05, 0.1) is 10.6 Å². The molecule has 2 aliphatic rings. The van der Waals surface area contributed by atoms with Gasteiger partial charge in [-0.3, -0.25) is 13.9 Å². The van der Waals surface area contributed by atoms with Crippen molar-refractivity contribution in [1.82, 2.24) is 10.2 Å². The molecule has 1 aliphatic heterocycles. The van der Waals surface area contributed by atoms with Crippen LogP contribution in [0.5, 0.6) is 11.5 Å². The Morgan fingerprint density at radius 2 is 1.52 bits per heavy atom. The van der Waals surface area contributed by atoms with E-state index in [9.17, 15) is 22.4 Å². The van der Waals surface area contributed by atoms with Crippen molar-refractivity contribution in [3.63, 3.8) is 0 Å². The Morgan fingerprint density at radius 1 is 0.840 bits per heavy atom. The zero-order valence-electron chi connectivity index (χ0n) is 27.5. The van der Waals surface area contributed by atoms with Gasteiger partial charge in [0.2, 0.25) is 11.8 Å². The molecule has 0 radical (unpaired) electrons. The van der Waals surface area contributed by atoms with Crippen LogP contribution in [0, 0.1) is 5.82 Å². The van der Waals surface area contributed by atoms with Gasteiger partial charge in [0.1, 0.15) is 31.6 Å². The molecule has 1 unspecified atom stereocenters. The van der Waals surface area contributed by atoms with Crippen molar-refractivity contribution in [3.8, 4) is 11.5 Å². The van der Waals surface area contributed by atoms with Gasteiger partial charge in [-0.2, -0.15) is 0 Å². The molecule has 9 nitrogen and oxygen atoms in total. The highest BCUT2D eigenvalue weighted by Crippen LogP contribution is 2.34. The minimum atomic E-state index is -4.41. The first kappa shape index (κ1) is 35.4. The number of amides is 2. The molecule has 6 rings (SSSR count). The van der Waals surface area contributed by atoms with Gasteiger partial charge in [-0.05, 0) is 72.5 Å². The highest BCUT2D eigenvalue weighted by Gasteiger charge is 2.36. The summed E-state index contributed by atoms with van der Waals surface area (Å²) in [4.78, 5) is 30.3. The fraction of sp³-hybridized carbons (Fsp3) is 0.316. The quantitative estimate of drug-likeness (QED) is 0.174. The molecule has 0 bridgehead atoms. The maximum Gasteiger partial charge on any atom is 0.264 e. The van der Waals surface area contributed by atoms with Gasteiger partial charge in [0, 0.05) is 29.5 Å². The SMILES string of the molecule is O=C(NC1CCCCC1)C(Cc1ccccc1)N(Cc1ccc(Br)cc1)C(=O)CN(c1ccc(F)cc1)S(=O)(=O)c1ccc2c(c1)OCCO2. The molecular formula is C38H39BrFN3O6S. The van der Waals surface area contributed by atoms with Crippen molar-refractivity contribution in [3.05, 3.63) is 118 Å². The van der Waals surface area contributed by atoms with Crippen LogP contribution in [0.15, 0.2) is 106 Å². The molecule has 1 N–H and O–H groups in total. The molecule has 1 fully saturated rings. The molecule has 4 aromatic carbocycles. The summed E-state index contributed by atoms with van der Waals surface area (Å²) < 4.78 is 55.9. The topological polar surface area (TPSA) is 105 Å². The maximum atomic E-state index is 14.7. The lowest BCUT2D eigenvalue weighted by atomic mass is 9.94. The van der Waals surface area contributed by atoms with E-state index in [-0.39, 0.29) is 47.9 Å². The van der Waals surface area contributed by atoms with Crippen molar-refractivity contribution < 1.29 is 31.9 Å². The molecule has 0 aromatic heterocycles. The second kappa shape index (κ2) is 16.1. The third-order valence-electron chi connectivity index (χ3n) is 8.98. The lowest BCUT2D eigenvalue weighted by molar-refractivity contribution is -0.140. The Labute approximate surface area is 300 Å². The summed E-state index contributed by atoms with van der Waals surface area (Å²) in [6.07, 6.45) is 5.08. The Morgan fingerprint density at radius 3 is 2.22 bits per heavy atom. The van der Waals surface area contributed by atoms with Gasteiger partial charge in [-0.25, -0.2) is 12.8 Å². The fourth-order valence-corrected chi connectivity index (χ4v) is 8.03. The Bertz CT molecular complexity index is 1890. The molecule has 12 heteroatoms. The summed E-state index contributed by atoms with van der Waals surface area (Å²) in [5.74, 6) is -0.779. The van der Waals surface area contributed by atoms with Crippen molar-refractivity contribution in [2.45, 2.75) is 62.0 Å². The van der Waals surface area contributed by atoms with Crippen LogP contribution in [0.2, 0.25) is 0 Å². The number of hydrogen-bond donors (Lipinski definition) is 1. The van der Waals surface area contributed by atoms with E-state index in [0.717, 1.165) is 64.1 Å². The number of carbonyl (C=O) groups excluding carboxylic acids is 2. The second-order valence-electron chi connectivity index (χ2n) is 12.5. The summed E-state index contributed by atoms with van der Waals surface area (Å²) in [6, 6.07) is 25.1. The number of carbonyl (C=O) groups is 2. The summed E-state index contributed by atoms with van der Waals surface area (Å²) in [6.45, 7) is -0.0145. The Kier molecular flexibility index (Phi) is 11.4. The van der Waals surface area contributed by atoms with Crippen LogP contribution >= 0.6 is 15.9 Å². The average Bonchev–Trinajstić information content (AvgIpc) is 3.13. The number of hydrogen-bond acceptors (Lipinski definition) is 6. The van der Waals surface area contributed by atoms with Crippen LogP contribution in [0.4, 0.5) is 10.1 Å². The molecule has 0 spiro atoms. The van der Waals surface area contributed by atoms with Crippen LogP contribution < -0.4 is 19.1 Å². The number of rotatable bonds is 12. The zero-order valence-corrected chi connectivity index (χ0v) is 29.9. The first-order valence-corrected chi connectivity index (χ1v) is 19.0. The fourth-order valence-electron chi connectivity index (χ4n) is 6.33.